The fourth-order valence-corrected chi connectivity index (χ4v) is 9.91. The van der Waals surface area contributed by atoms with Gasteiger partial charge in [0.2, 0.25) is 0 Å². The number of phosphoric ester groups is 1. The second-order valence-corrected chi connectivity index (χ2v) is 26.0. The van der Waals surface area contributed by atoms with Gasteiger partial charge in [-0.15, -0.1) is 0 Å². The van der Waals surface area contributed by atoms with Gasteiger partial charge in [-0.2, -0.15) is 0 Å². The first-order chi connectivity index (χ1) is 45.0. The highest BCUT2D eigenvalue weighted by atomic mass is 31.2. The maximum atomic E-state index is 12.9. The van der Waals surface area contributed by atoms with E-state index in [-0.39, 0.29) is 32.0 Å². The molecule has 0 aromatic heterocycles. The third kappa shape index (κ3) is 73.9. The Hall–Kier alpha value is -5.15. The number of nitrogens with zero attached hydrogens (tertiary/aromatic N) is 1. The smallest absolute Gasteiger partial charge is 0.462 e. The highest BCUT2D eigenvalue weighted by molar-refractivity contribution is 7.47. The molecule has 0 rings (SSSR count). The van der Waals surface area contributed by atoms with E-state index in [0.717, 1.165) is 154 Å². The predicted octanol–water partition coefficient (Wildman–Crippen LogP) is 24.0. The van der Waals surface area contributed by atoms with Crippen molar-refractivity contribution in [2.45, 2.75) is 264 Å². The van der Waals surface area contributed by atoms with Gasteiger partial charge in [-0.1, -0.05) is 298 Å². The van der Waals surface area contributed by atoms with E-state index in [2.05, 4.69) is 208 Å². The molecule has 0 radical (unpaired) electrons. The number of rotatable bonds is 64. The van der Waals surface area contributed by atoms with Crippen LogP contribution in [-0.4, -0.2) is 74.9 Å². The van der Waals surface area contributed by atoms with Crippen molar-refractivity contribution in [3.63, 3.8) is 0 Å². The van der Waals surface area contributed by atoms with Gasteiger partial charge >= 0.3 is 19.8 Å². The molecule has 0 aromatic carbocycles. The number of ether oxygens (including phenoxy) is 2. The lowest BCUT2D eigenvalue weighted by Gasteiger charge is -2.24. The van der Waals surface area contributed by atoms with Crippen molar-refractivity contribution < 1.29 is 42.1 Å². The molecule has 0 saturated carbocycles. The summed E-state index contributed by atoms with van der Waals surface area (Å²) in [5, 5.41) is 0. The lowest BCUT2D eigenvalue weighted by molar-refractivity contribution is -0.870. The van der Waals surface area contributed by atoms with Gasteiger partial charge in [0.1, 0.15) is 19.8 Å². The summed E-state index contributed by atoms with van der Waals surface area (Å²) in [6, 6.07) is 0. The molecule has 0 aliphatic carbocycles. The molecule has 518 valence electrons. The number of carbonyl (C=O) groups excluding carboxylic acids is 2. The van der Waals surface area contributed by atoms with Gasteiger partial charge in [0, 0.05) is 12.8 Å². The highest BCUT2D eigenvalue weighted by Crippen LogP contribution is 2.43. The molecule has 0 aliphatic heterocycles. The van der Waals surface area contributed by atoms with E-state index in [0.29, 0.717) is 23.9 Å². The molecular formula is C82H133NO8P+. The number of phosphoric acid groups is 1. The van der Waals surface area contributed by atoms with E-state index in [9.17, 15) is 19.0 Å². The molecule has 0 aliphatic rings. The van der Waals surface area contributed by atoms with E-state index >= 15 is 0 Å². The summed E-state index contributed by atoms with van der Waals surface area (Å²) in [6.07, 6.45) is 110. The number of hydrogen-bond acceptors (Lipinski definition) is 7. The topological polar surface area (TPSA) is 108 Å². The third-order valence-corrected chi connectivity index (χ3v) is 15.6. The molecule has 92 heavy (non-hydrogen) atoms. The quantitative estimate of drug-likeness (QED) is 0.0211. The summed E-state index contributed by atoms with van der Waals surface area (Å²) in [7, 11) is 1.44. The van der Waals surface area contributed by atoms with Crippen molar-refractivity contribution in [1.29, 1.82) is 0 Å². The molecule has 0 amide bonds. The number of allylic oxidation sites excluding steroid dienone is 32. The number of unbranched alkanes of at least 4 members (excludes halogenated alkanes) is 18. The molecule has 0 heterocycles. The maximum Gasteiger partial charge on any atom is 0.472 e. The SMILES string of the molecule is CC/C=C\C/C=C\C/C=C\C/C=C\C/C=C\C/C=C\C/C=C\C/C=C\C/C=C\CCCCCCCCCCCCCC(=O)OC(COC(=O)CCCCCCCCC/C=C\C/C=C\C/C=C\C/C=C\C/C=C\C/C=C\C/C=C\CC)COP(=O)(O)OCC[N+](C)(C)C. The second kappa shape index (κ2) is 70.2. The summed E-state index contributed by atoms with van der Waals surface area (Å²) in [4.78, 5) is 35.9. The average Bonchev–Trinajstić information content (AvgIpc) is 2.14. The van der Waals surface area contributed by atoms with Crippen LogP contribution in [0.3, 0.4) is 0 Å². The molecular weight excluding hydrogens is 1160 g/mol. The lowest BCUT2D eigenvalue weighted by Crippen LogP contribution is -2.37. The number of esters is 2. The average molecular weight is 1290 g/mol. The van der Waals surface area contributed by atoms with Crippen LogP contribution >= 0.6 is 7.82 Å². The minimum atomic E-state index is -4.41. The molecule has 0 saturated heterocycles. The summed E-state index contributed by atoms with van der Waals surface area (Å²) in [5.41, 5.74) is 0. The zero-order valence-corrected chi connectivity index (χ0v) is 59.8. The van der Waals surface area contributed by atoms with Crippen molar-refractivity contribution in [1.82, 2.24) is 0 Å². The Balaban J connectivity index is 4.14. The van der Waals surface area contributed by atoms with Gasteiger partial charge in [-0.25, -0.2) is 4.57 Å². The standard InChI is InChI=1S/C82H132NO8P/c1-6-8-10-12-14-16-18-20-22-24-26-28-30-32-34-36-37-38-39-40-41-42-43-44-45-47-49-51-53-55-57-59-61-63-65-67-69-71-73-75-82(85)91-80(79-90-92(86,87)89-77-76-83(3,4)5)78-88-81(84)74-72-70-68-66-64-62-60-58-56-54-52-50-48-46-35-33-31-29-27-25-23-21-19-17-15-13-11-9-7-2/h8-11,14-17,20-23,26-29,32-35,37-38,40-41,43-44,47-50,54,56,80H,6-7,12-13,18-19,24-25,30-31,36,39,42,45-46,51-53,55,57-79H2,1-5H3/p+1/b10-8-,11-9-,16-14-,17-15-,22-20-,23-21-,28-26-,29-27-,34-32-,35-33-,38-37-,41-40-,44-43-,49-47-,50-48-,56-54-. The molecule has 2 atom stereocenters. The van der Waals surface area contributed by atoms with Gasteiger partial charge in [0.05, 0.1) is 27.7 Å². The molecule has 10 heteroatoms. The van der Waals surface area contributed by atoms with Crippen molar-refractivity contribution >= 4 is 19.8 Å². The van der Waals surface area contributed by atoms with Crippen LogP contribution in [0.4, 0.5) is 0 Å². The zero-order valence-electron chi connectivity index (χ0n) is 59.0. The first-order valence-corrected chi connectivity index (χ1v) is 37.7. The zero-order chi connectivity index (χ0) is 66.9. The van der Waals surface area contributed by atoms with E-state index in [1.165, 1.54) is 64.2 Å². The molecule has 0 bridgehead atoms. The van der Waals surface area contributed by atoms with Crippen molar-refractivity contribution in [3.05, 3.63) is 194 Å². The summed E-state index contributed by atoms with van der Waals surface area (Å²) in [6.45, 7) is 4.17. The predicted molar refractivity (Wildman–Crippen MR) is 399 cm³/mol. The largest absolute Gasteiger partial charge is 0.472 e. The molecule has 1 N–H and O–H groups in total. The fraction of sp³-hybridized carbons (Fsp3) is 0.585. The van der Waals surface area contributed by atoms with Crippen LogP contribution in [0.25, 0.3) is 0 Å². The Bertz CT molecular complexity index is 2260. The summed E-state index contributed by atoms with van der Waals surface area (Å²) in [5.74, 6) is -0.825. The minimum Gasteiger partial charge on any atom is -0.462 e. The van der Waals surface area contributed by atoms with Crippen molar-refractivity contribution in [2.75, 3.05) is 47.5 Å². The molecule has 9 nitrogen and oxygen atoms in total. The summed E-state index contributed by atoms with van der Waals surface area (Å²) < 4.78 is 34.7. The Morgan fingerprint density at radius 2 is 0.587 bits per heavy atom. The van der Waals surface area contributed by atoms with Crippen LogP contribution in [0, 0.1) is 0 Å². The van der Waals surface area contributed by atoms with Crippen LogP contribution in [-0.2, 0) is 32.7 Å². The van der Waals surface area contributed by atoms with E-state index in [4.69, 9.17) is 18.5 Å². The van der Waals surface area contributed by atoms with Gasteiger partial charge in [-0.05, 0) is 141 Å². The maximum absolute atomic E-state index is 12.9. The monoisotopic (exact) mass is 1290 g/mol. The lowest BCUT2D eigenvalue weighted by atomic mass is 10.0. The molecule has 0 fully saturated rings. The number of carbonyl (C=O) groups is 2. The minimum absolute atomic E-state index is 0.0190. The van der Waals surface area contributed by atoms with Crippen molar-refractivity contribution in [2.24, 2.45) is 0 Å². The summed E-state index contributed by atoms with van der Waals surface area (Å²) >= 11 is 0. The van der Waals surface area contributed by atoms with Crippen LogP contribution in [0.2, 0.25) is 0 Å². The van der Waals surface area contributed by atoms with Gasteiger partial charge in [0.15, 0.2) is 6.10 Å². The Morgan fingerprint density at radius 1 is 0.337 bits per heavy atom. The van der Waals surface area contributed by atoms with Crippen LogP contribution in [0.5, 0.6) is 0 Å². The molecule has 0 spiro atoms. The molecule has 0 aromatic rings. The van der Waals surface area contributed by atoms with Crippen LogP contribution in [0.1, 0.15) is 258 Å². The Kier molecular flexibility index (Phi) is 66.2. The van der Waals surface area contributed by atoms with Gasteiger partial charge < -0.3 is 18.9 Å². The first kappa shape index (κ1) is 86.9. The Morgan fingerprint density at radius 3 is 0.870 bits per heavy atom. The second-order valence-electron chi connectivity index (χ2n) is 24.5. The number of likely N-dealkylation sites (N-methyl/N-ethyl adjacent to an activating group) is 1. The normalized spacial score (nSPS) is 14.3. The van der Waals surface area contributed by atoms with E-state index in [1.54, 1.807) is 0 Å². The highest BCUT2D eigenvalue weighted by Gasteiger charge is 2.27. The van der Waals surface area contributed by atoms with Gasteiger partial charge in [-0.3, -0.25) is 18.6 Å². The first-order valence-electron chi connectivity index (χ1n) is 36.2. The molecule has 2 unspecified atom stereocenters. The van der Waals surface area contributed by atoms with E-state index < -0.39 is 26.5 Å². The Labute approximate surface area is 564 Å². The van der Waals surface area contributed by atoms with Crippen molar-refractivity contribution in [3.8, 4) is 0 Å². The third-order valence-electron chi connectivity index (χ3n) is 14.6. The number of hydrogen-bond donors (Lipinski definition) is 1. The fourth-order valence-electron chi connectivity index (χ4n) is 9.16. The van der Waals surface area contributed by atoms with Gasteiger partial charge in [0.25, 0.3) is 0 Å². The van der Waals surface area contributed by atoms with Crippen LogP contribution < -0.4 is 0 Å². The number of quaternary nitrogens is 1. The van der Waals surface area contributed by atoms with E-state index in [1.807, 2.05) is 21.1 Å². The van der Waals surface area contributed by atoms with Crippen LogP contribution in [0.15, 0.2) is 194 Å².